The van der Waals surface area contributed by atoms with Gasteiger partial charge in [0.05, 0.1) is 10.8 Å². The lowest BCUT2D eigenvalue weighted by Gasteiger charge is -1.97. The van der Waals surface area contributed by atoms with Crippen LogP contribution in [0.5, 0.6) is 0 Å². The van der Waals surface area contributed by atoms with Gasteiger partial charge in [-0.2, -0.15) is 4.99 Å². The molecule has 0 aliphatic rings. The highest BCUT2D eigenvalue weighted by molar-refractivity contribution is 9.10. The van der Waals surface area contributed by atoms with Gasteiger partial charge in [0.2, 0.25) is 0 Å². The lowest BCUT2D eigenvalue weighted by atomic mass is 10.3. The Hall–Kier alpha value is -0.640. The first-order chi connectivity index (χ1) is 5.65. The maximum absolute atomic E-state index is 12.6. The number of hydrogen-bond donors (Lipinski definition) is 0. The zero-order chi connectivity index (χ0) is 9.14. The normalized spacial score (nSPS) is 9.25. The molecule has 1 nitrogen and oxygen atoms in total. The summed E-state index contributed by atoms with van der Waals surface area (Å²) in [5.41, 5.74) is 0.226. The van der Waals surface area contributed by atoms with E-state index in [1.54, 1.807) is 0 Å². The zero-order valence-electron chi connectivity index (χ0n) is 5.64. The van der Waals surface area contributed by atoms with E-state index < -0.39 is 11.6 Å². The lowest BCUT2D eigenvalue weighted by molar-refractivity contribution is 0.508. The fraction of sp³-hybridized carbons (Fsp3) is 0. The van der Waals surface area contributed by atoms with Gasteiger partial charge in [-0.1, -0.05) is 0 Å². The topological polar surface area (TPSA) is 12.4 Å². The van der Waals surface area contributed by atoms with Crippen LogP contribution in [-0.4, -0.2) is 5.16 Å². The summed E-state index contributed by atoms with van der Waals surface area (Å²) in [5.74, 6) is -1.88. The van der Waals surface area contributed by atoms with E-state index in [4.69, 9.17) is 0 Å². The van der Waals surface area contributed by atoms with Gasteiger partial charge in [-0.3, -0.25) is 0 Å². The first-order valence-corrected chi connectivity index (χ1v) is 4.07. The smallest absolute Gasteiger partial charge is 0.161 e. The minimum absolute atomic E-state index is 0.226. The number of halogens is 3. The number of isothiocyanates is 1. The summed E-state index contributed by atoms with van der Waals surface area (Å²) in [6.45, 7) is 0. The van der Waals surface area contributed by atoms with Crippen LogP contribution in [0, 0.1) is 11.6 Å². The molecule has 0 saturated heterocycles. The summed E-state index contributed by atoms with van der Waals surface area (Å²) in [5, 5.41) is 2.06. The van der Waals surface area contributed by atoms with Crippen LogP contribution in [0.1, 0.15) is 0 Å². The SMILES string of the molecule is Fc1cc(Br)c(N=C=S)cc1F. The standard InChI is InChI=1S/C7H2BrF2NS/c8-4-1-5(9)6(10)2-7(4)11-3-12/h1-2H. The van der Waals surface area contributed by atoms with Crippen LogP contribution < -0.4 is 0 Å². The molecule has 5 heteroatoms. The molecule has 0 aromatic heterocycles. The lowest BCUT2D eigenvalue weighted by Crippen LogP contribution is -1.82. The number of rotatable bonds is 1. The molecule has 0 aliphatic carbocycles. The molecule has 0 spiro atoms. The molecule has 0 radical (unpaired) electrons. The molecule has 1 rings (SSSR count). The van der Waals surface area contributed by atoms with E-state index in [-0.39, 0.29) is 5.69 Å². The second-order valence-corrected chi connectivity index (χ2v) is 2.96. The number of aliphatic imine (C=N–C) groups is 1. The van der Waals surface area contributed by atoms with E-state index in [1.165, 1.54) is 0 Å². The van der Waals surface area contributed by atoms with Crippen LogP contribution >= 0.6 is 28.1 Å². The highest BCUT2D eigenvalue weighted by Gasteiger charge is 2.06. The quantitative estimate of drug-likeness (QED) is 0.422. The Morgan fingerprint density at radius 1 is 1.33 bits per heavy atom. The predicted octanol–water partition coefficient (Wildman–Crippen LogP) is 3.46. The minimum Gasteiger partial charge on any atom is -0.204 e. The Labute approximate surface area is 81.2 Å². The molecule has 0 unspecified atom stereocenters. The second kappa shape index (κ2) is 3.85. The van der Waals surface area contributed by atoms with Gasteiger partial charge in [0, 0.05) is 10.5 Å². The van der Waals surface area contributed by atoms with Crippen molar-refractivity contribution < 1.29 is 8.78 Å². The molecule has 62 valence electrons. The fourth-order valence-corrected chi connectivity index (χ4v) is 1.15. The van der Waals surface area contributed by atoms with Gasteiger partial charge in [-0.05, 0) is 34.2 Å². The summed E-state index contributed by atoms with van der Waals surface area (Å²) in [4.78, 5) is 3.52. The highest BCUT2D eigenvalue weighted by Crippen LogP contribution is 2.27. The van der Waals surface area contributed by atoms with Gasteiger partial charge in [-0.25, -0.2) is 8.78 Å². The Balaban J connectivity index is 3.32. The maximum Gasteiger partial charge on any atom is 0.161 e. The van der Waals surface area contributed by atoms with Crippen molar-refractivity contribution in [3.63, 3.8) is 0 Å². The van der Waals surface area contributed by atoms with E-state index in [9.17, 15) is 8.78 Å². The monoisotopic (exact) mass is 249 g/mol. The average molecular weight is 250 g/mol. The Kier molecular flexibility index (Phi) is 3.03. The number of benzene rings is 1. The van der Waals surface area contributed by atoms with Gasteiger partial charge >= 0.3 is 0 Å². The van der Waals surface area contributed by atoms with Crippen LogP contribution in [0.3, 0.4) is 0 Å². The summed E-state index contributed by atoms with van der Waals surface area (Å²) < 4.78 is 25.4. The molecule has 0 saturated carbocycles. The maximum atomic E-state index is 12.6. The zero-order valence-corrected chi connectivity index (χ0v) is 8.05. The van der Waals surface area contributed by atoms with E-state index in [2.05, 4.69) is 38.3 Å². The van der Waals surface area contributed by atoms with Crippen molar-refractivity contribution in [2.24, 2.45) is 4.99 Å². The van der Waals surface area contributed by atoms with Crippen LogP contribution in [0.25, 0.3) is 0 Å². The summed E-state index contributed by atoms with van der Waals surface area (Å²) in [7, 11) is 0. The third-order valence-corrected chi connectivity index (χ3v) is 1.88. The molecule has 0 fully saturated rings. The molecule has 0 bridgehead atoms. The molecule has 0 heterocycles. The highest BCUT2D eigenvalue weighted by atomic mass is 79.9. The summed E-state index contributed by atoms with van der Waals surface area (Å²) in [6.07, 6.45) is 0. The summed E-state index contributed by atoms with van der Waals surface area (Å²) >= 11 is 7.31. The molecule has 1 aromatic carbocycles. The van der Waals surface area contributed by atoms with E-state index >= 15 is 0 Å². The van der Waals surface area contributed by atoms with Gasteiger partial charge < -0.3 is 0 Å². The molecule has 0 aliphatic heterocycles. The molecule has 12 heavy (non-hydrogen) atoms. The third kappa shape index (κ3) is 1.94. The van der Waals surface area contributed by atoms with E-state index in [0.29, 0.717) is 4.47 Å². The molecule has 0 atom stereocenters. The van der Waals surface area contributed by atoms with Crippen LogP contribution in [0.2, 0.25) is 0 Å². The van der Waals surface area contributed by atoms with Gasteiger partial charge in [0.25, 0.3) is 0 Å². The third-order valence-electron chi connectivity index (χ3n) is 1.16. The Bertz CT molecular complexity index is 361. The van der Waals surface area contributed by atoms with Crippen molar-refractivity contribution >= 4 is 39.0 Å². The van der Waals surface area contributed by atoms with Gasteiger partial charge in [0.15, 0.2) is 11.6 Å². The van der Waals surface area contributed by atoms with Crippen LogP contribution in [0.15, 0.2) is 21.6 Å². The molecule has 1 aromatic rings. The van der Waals surface area contributed by atoms with Crippen molar-refractivity contribution in [3.8, 4) is 0 Å². The van der Waals surface area contributed by atoms with Crippen molar-refractivity contribution in [1.29, 1.82) is 0 Å². The fourth-order valence-electron chi connectivity index (χ4n) is 0.647. The van der Waals surface area contributed by atoms with Crippen LogP contribution in [0.4, 0.5) is 14.5 Å². The average Bonchev–Trinajstić information content (AvgIpc) is 2.01. The van der Waals surface area contributed by atoms with Crippen molar-refractivity contribution in [2.45, 2.75) is 0 Å². The first-order valence-electron chi connectivity index (χ1n) is 2.87. The van der Waals surface area contributed by atoms with Crippen molar-refractivity contribution in [3.05, 3.63) is 28.2 Å². The predicted molar refractivity (Wildman–Crippen MR) is 48.7 cm³/mol. The molecular formula is C7H2BrF2NS. The van der Waals surface area contributed by atoms with Gasteiger partial charge in [-0.15, -0.1) is 0 Å². The largest absolute Gasteiger partial charge is 0.204 e. The minimum atomic E-state index is -0.956. The summed E-state index contributed by atoms with van der Waals surface area (Å²) in [6, 6.07) is 1.93. The Morgan fingerprint density at radius 3 is 2.50 bits per heavy atom. The molecule has 0 amide bonds. The number of nitrogens with zero attached hydrogens (tertiary/aromatic N) is 1. The Morgan fingerprint density at radius 2 is 1.92 bits per heavy atom. The van der Waals surface area contributed by atoms with Crippen LogP contribution in [-0.2, 0) is 0 Å². The first kappa shape index (κ1) is 9.45. The van der Waals surface area contributed by atoms with Crippen molar-refractivity contribution in [2.75, 3.05) is 0 Å². The van der Waals surface area contributed by atoms with E-state index in [0.717, 1.165) is 12.1 Å². The van der Waals surface area contributed by atoms with E-state index in [1.807, 2.05) is 0 Å². The van der Waals surface area contributed by atoms with Gasteiger partial charge in [0.1, 0.15) is 0 Å². The number of hydrogen-bond acceptors (Lipinski definition) is 2. The molecular weight excluding hydrogens is 248 g/mol. The second-order valence-electron chi connectivity index (χ2n) is 1.92. The van der Waals surface area contributed by atoms with Crippen molar-refractivity contribution in [1.82, 2.24) is 0 Å². The molecule has 0 N–H and O–H groups in total. The number of thiocarbonyl (C=S) groups is 1.